The van der Waals surface area contributed by atoms with Crippen LogP contribution in [0, 0.1) is 0 Å². The van der Waals surface area contributed by atoms with Gasteiger partial charge in [-0.3, -0.25) is 0 Å². The number of nitrogens with zero attached hydrogens (tertiary/aromatic N) is 2. The molecule has 5 nitrogen and oxygen atoms in total. The molecule has 112 valence electrons. The number of aromatic nitrogens is 2. The van der Waals surface area contributed by atoms with E-state index in [4.69, 9.17) is 25.8 Å². The van der Waals surface area contributed by atoms with E-state index in [2.05, 4.69) is 9.97 Å². The van der Waals surface area contributed by atoms with Crippen molar-refractivity contribution in [2.24, 2.45) is 0 Å². The Labute approximate surface area is 128 Å². The van der Waals surface area contributed by atoms with Crippen molar-refractivity contribution in [3.63, 3.8) is 0 Å². The molecule has 0 saturated carbocycles. The van der Waals surface area contributed by atoms with Gasteiger partial charge < -0.3 is 14.2 Å². The lowest BCUT2D eigenvalue weighted by Gasteiger charge is -2.10. The second kappa shape index (κ2) is 7.13. The average Bonchev–Trinajstić information content (AvgIpc) is 2.46. The first-order valence-corrected chi connectivity index (χ1v) is 6.91. The van der Waals surface area contributed by atoms with Crippen LogP contribution in [0.1, 0.15) is 18.3 Å². The molecule has 0 N–H and O–H groups in total. The summed E-state index contributed by atoms with van der Waals surface area (Å²) in [5, 5.41) is 0.365. The van der Waals surface area contributed by atoms with Crippen LogP contribution in [0.5, 0.6) is 17.4 Å². The molecule has 0 unspecified atom stereocenters. The maximum atomic E-state index is 5.98. The summed E-state index contributed by atoms with van der Waals surface area (Å²) < 4.78 is 15.9. The molecule has 0 aliphatic carbocycles. The monoisotopic (exact) mass is 308 g/mol. The Morgan fingerprint density at radius 1 is 1.05 bits per heavy atom. The van der Waals surface area contributed by atoms with Crippen molar-refractivity contribution in [2.75, 3.05) is 20.8 Å². The fraction of sp³-hybridized carbons (Fsp3) is 0.333. The van der Waals surface area contributed by atoms with Gasteiger partial charge in [0.2, 0.25) is 5.88 Å². The minimum absolute atomic E-state index is 0.365. The molecular weight excluding hydrogens is 292 g/mol. The lowest BCUT2D eigenvalue weighted by molar-refractivity contribution is 0.325. The molecule has 0 amide bonds. The normalized spacial score (nSPS) is 10.3. The lowest BCUT2D eigenvalue weighted by atomic mass is 10.1. The summed E-state index contributed by atoms with van der Waals surface area (Å²) >= 11 is 5.98. The Morgan fingerprint density at radius 2 is 1.81 bits per heavy atom. The van der Waals surface area contributed by atoms with Crippen LogP contribution in [0.4, 0.5) is 0 Å². The maximum Gasteiger partial charge on any atom is 0.218 e. The molecule has 1 aromatic heterocycles. The van der Waals surface area contributed by atoms with Gasteiger partial charge in [-0.25, -0.2) is 4.98 Å². The molecule has 21 heavy (non-hydrogen) atoms. The highest BCUT2D eigenvalue weighted by Crippen LogP contribution is 2.28. The molecule has 0 aliphatic heterocycles. The topological polar surface area (TPSA) is 53.5 Å². The van der Waals surface area contributed by atoms with Crippen molar-refractivity contribution in [2.45, 2.75) is 13.3 Å². The average molecular weight is 309 g/mol. The first-order valence-electron chi connectivity index (χ1n) is 6.53. The van der Waals surface area contributed by atoms with Crippen LogP contribution in [0.2, 0.25) is 5.15 Å². The second-order valence-electron chi connectivity index (χ2n) is 4.24. The van der Waals surface area contributed by atoms with Gasteiger partial charge in [0.1, 0.15) is 11.0 Å². The molecule has 2 aromatic rings. The molecular formula is C15H17ClN2O3. The molecule has 0 aliphatic rings. The Kier molecular flexibility index (Phi) is 5.22. The Hall–Kier alpha value is -2.01. The minimum atomic E-state index is 0.365. The summed E-state index contributed by atoms with van der Waals surface area (Å²) in [4.78, 5) is 8.54. The van der Waals surface area contributed by atoms with Crippen molar-refractivity contribution >= 4 is 11.6 Å². The highest BCUT2D eigenvalue weighted by atomic mass is 35.5. The van der Waals surface area contributed by atoms with Crippen molar-refractivity contribution in [3.8, 4) is 17.4 Å². The molecule has 0 bridgehead atoms. The predicted molar refractivity (Wildman–Crippen MR) is 80.6 cm³/mol. The third kappa shape index (κ3) is 3.98. The van der Waals surface area contributed by atoms with Gasteiger partial charge in [0.15, 0.2) is 11.5 Å². The van der Waals surface area contributed by atoms with Crippen molar-refractivity contribution in [1.29, 1.82) is 0 Å². The number of hydrogen-bond donors (Lipinski definition) is 0. The number of rotatable bonds is 6. The summed E-state index contributed by atoms with van der Waals surface area (Å²) in [6, 6.07) is 7.28. The summed E-state index contributed by atoms with van der Waals surface area (Å²) in [5.74, 6) is 2.43. The largest absolute Gasteiger partial charge is 0.493 e. The fourth-order valence-corrected chi connectivity index (χ4v) is 2.11. The van der Waals surface area contributed by atoms with Gasteiger partial charge in [0.25, 0.3) is 0 Å². The third-order valence-corrected chi connectivity index (χ3v) is 3.01. The zero-order chi connectivity index (χ0) is 15.2. The first kappa shape index (κ1) is 15.4. The number of benzene rings is 1. The van der Waals surface area contributed by atoms with E-state index in [0.717, 1.165) is 5.56 Å². The Morgan fingerprint density at radius 3 is 2.48 bits per heavy atom. The predicted octanol–water partition coefficient (Wildman–Crippen LogP) is 3.14. The molecule has 6 heteroatoms. The molecule has 0 atom stereocenters. The number of halogens is 1. The van der Waals surface area contributed by atoms with Crippen molar-refractivity contribution in [1.82, 2.24) is 9.97 Å². The van der Waals surface area contributed by atoms with E-state index >= 15 is 0 Å². The molecule has 0 radical (unpaired) electrons. The van der Waals surface area contributed by atoms with E-state index in [0.29, 0.717) is 41.4 Å². The second-order valence-corrected chi connectivity index (χ2v) is 4.63. The van der Waals surface area contributed by atoms with Crippen LogP contribution < -0.4 is 14.2 Å². The van der Waals surface area contributed by atoms with Gasteiger partial charge in [0, 0.05) is 12.5 Å². The standard InChI is InChI=1S/C15H17ClN2O3/c1-4-21-15-9-13(16)17-14(18-15)8-10-5-6-11(19-2)12(7-10)20-3/h5-7,9H,4,8H2,1-3H3. The van der Waals surface area contributed by atoms with Crippen LogP contribution in [0.25, 0.3) is 0 Å². The zero-order valence-corrected chi connectivity index (χ0v) is 13.0. The van der Waals surface area contributed by atoms with Gasteiger partial charge in [-0.2, -0.15) is 4.98 Å². The molecule has 2 rings (SSSR count). The van der Waals surface area contributed by atoms with E-state index < -0.39 is 0 Å². The first-order chi connectivity index (χ1) is 10.2. The molecule has 0 saturated heterocycles. The summed E-state index contributed by atoms with van der Waals surface area (Å²) in [6.45, 7) is 2.42. The zero-order valence-electron chi connectivity index (χ0n) is 12.2. The Balaban J connectivity index is 2.25. The number of ether oxygens (including phenoxy) is 3. The number of hydrogen-bond acceptors (Lipinski definition) is 5. The van der Waals surface area contributed by atoms with E-state index in [1.807, 2.05) is 25.1 Å². The van der Waals surface area contributed by atoms with E-state index in [9.17, 15) is 0 Å². The molecule has 0 spiro atoms. The lowest BCUT2D eigenvalue weighted by Crippen LogP contribution is -2.02. The van der Waals surface area contributed by atoms with Gasteiger partial charge in [-0.05, 0) is 24.6 Å². The highest BCUT2D eigenvalue weighted by molar-refractivity contribution is 6.29. The molecule has 0 fully saturated rings. The quantitative estimate of drug-likeness (QED) is 0.767. The van der Waals surface area contributed by atoms with E-state index in [1.165, 1.54) is 0 Å². The SMILES string of the molecule is CCOc1cc(Cl)nc(Cc2ccc(OC)c(OC)c2)n1. The van der Waals surface area contributed by atoms with Gasteiger partial charge >= 0.3 is 0 Å². The van der Waals surface area contributed by atoms with Crippen LogP contribution >= 0.6 is 11.6 Å². The van der Waals surface area contributed by atoms with E-state index in [1.54, 1.807) is 20.3 Å². The highest BCUT2D eigenvalue weighted by Gasteiger charge is 2.09. The maximum absolute atomic E-state index is 5.98. The van der Waals surface area contributed by atoms with Crippen LogP contribution in [-0.2, 0) is 6.42 Å². The van der Waals surface area contributed by atoms with Crippen LogP contribution in [0.15, 0.2) is 24.3 Å². The third-order valence-electron chi connectivity index (χ3n) is 2.82. The fourth-order valence-electron chi connectivity index (χ4n) is 1.92. The Bertz CT molecular complexity index is 620. The van der Waals surface area contributed by atoms with E-state index in [-0.39, 0.29) is 0 Å². The smallest absolute Gasteiger partial charge is 0.218 e. The van der Waals surface area contributed by atoms with Gasteiger partial charge in [-0.1, -0.05) is 17.7 Å². The summed E-state index contributed by atoms with van der Waals surface area (Å²) in [6.07, 6.45) is 0.529. The summed E-state index contributed by atoms with van der Waals surface area (Å²) in [5.41, 5.74) is 0.998. The van der Waals surface area contributed by atoms with Crippen LogP contribution in [0.3, 0.4) is 0 Å². The van der Waals surface area contributed by atoms with Gasteiger partial charge in [0.05, 0.1) is 20.8 Å². The van der Waals surface area contributed by atoms with Crippen molar-refractivity contribution < 1.29 is 14.2 Å². The molecule has 1 aromatic carbocycles. The number of methoxy groups -OCH3 is 2. The minimum Gasteiger partial charge on any atom is -0.493 e. The van der Waals surface area contributed by atoms with Gasteiger partial charge in [-0.15, -0.1) is 0 Å². The van der Waals surface area contributed by atoms with Crippen LogP contribution in [-0.4, -0.2) is 30.8 Å². The van der Waals surface area contributed by atoms with Crippen molar-refractivity contribution in [3.05, 3.63) is 40.8 Å². The molecule has 1 heterocycles. The summed E-state index contributed by atoms with van der Waals surface area (Å²) in [7, 11) is 3.21.